The molecule has 0 rings (SSSR count). The molecule has 0 bridgehead atoms. The highest BCUT2D eigenvalue weighted by Gasteiger charge is 2.27. The van der Waals surface area contributed by atoms with Crippen molar-refractivity contribution in [2.24, 2.45) is 0 Å². The predicted molar refractivity (Wildman–Crippen MR) is 242 cm³/mol. The Hall–Kier alpha value is -3.07. The molecule has 0 aliphatic rings. The number of likely N-dealkylation sites (N-methyl/N-ethyl adjacent to an activating group) is 1. The molecule has 0 fully saturated rings. The van der Waals surface area contributed by atoms with Crippen molar-refractivity contribution >= 4 is 19.8 Å². The van der Waals surface area contributed by atoms with Crippen LogP contribution in [0.25, 0.3) is 0 Å². The number of rotatable bonds is 38. The maximum absolute atomic E-state index is 12.7. The second-order valence-corrected chi connectivity index (χ2v) is 16.8. The second-order valence-electron chi connectivity index (χ2n) is 15.3. The maximum atomic E-state index is 12.7. The molecule has 0 amide bonds. The summed E-state index contributed by atoms with van der Waals surface area (Å²) in [6.07, 6.45) is 51.8. The molecule has 330 valence electrons. The number of carbonyl (C=O) groups excluding carboxylic acids is 2. The van der Waals surface area contributed by atoms with E-state index in [1.165, 1.54) is 25.7 Å². The topological polar surface area (TPSA) is 108 Å². The van der Waals surface area contributed by atoms with E-state index in [0.29, 0.717) is 23.9 Å². The van der Waals surface area contributed by atoms with Gasteiger partial charge in [0.15, 0.2) is 6.10 Å². The molecular weight excluding hydrogens is 750 g/mol. The summed E-state index contributed by atoms with van der Waals surface area (Å²) in [6, 6.07) is 0. The monoisotopic (exact) mass is 831 g/mol. The van der Waals surface area contributed by atoms with Crippen LogP contribution in [0.15, 0.2) is 97.2 Å². The van der Waals surface area contributed by atoms with Gasteiger partial charge in [0.2, 0.25) is 0 Å². The third kappa shape index (κ3) is 42.5. The highest BCUT2D eigenvalue weighted by molar-refractivity contribution is 7.47. The Morgan fingerprint density at radius 3 is 1.53 bits per heavy atom. The lowest BCUT2D eigenvalue weighted by Crippen LogP contribution is -2.37. The molecule has 0 saturated carbocycles. The highest BCUT2D eigenvalue weighted by Crippen LogP contribution is 2.43. The van der Waals surface area contributed by atoms with Crippen LogP contribution in [0.1, 0.15) is 142 Å². The van der Waals surface area contributed by atoms with E-state index < -0.39 is 32.5 Å². The zero-order valence-electron chi connectivity index (χ0n) is 37.0. The number of unbranched alkanes of at least 4 members (excludes halogenated alkanes) is 8. The zero-order chi connectivity index (χ0) is 42.8. The van der Waals surface area contributed by atoms with Crippen molar-refractivity contribution in [3.8, 4) is 0 Å². The Labute approximate surface area is 353 Å². The fourth-order valence-corrected chi connectivity index (χ4v) is 5.93. The molecule has 1 N–H and O–H groups in total. The lowest BCUT2D eigenvalue weighted by molar-refractivity contribution is -0.870. The van der Waals surface area contributed by atoms with E-state index >= 15 is 0 Å². The molecule has 2 atom stereocenters. The summed E-state index contributed by atoms with van der Waals surface area (Å²) in [5.41, 5.74) is 0. The number of phosphoric ester groups is 1. The zero-order valence-corrected chi connectivity index (χ0v) is 37.9. The SMILES string of the molecule is CC/C=C/C/C=C/C/C=C/C/C=C/C/C=C/C/C=C/CCC(=O)OC[C@H](COP(=O)(O)OCC[N+](C)(C)C)OC(=O)CCCCCCC/C=C/C/C=C/CCCCC. The largest absolute Gasteiger partial charge is 0.472 e. The first-order chi connectivity index (χ1) is 28.0. The molecule has 9 nitrogen and oxygen atoms in total. The first-order valence-electron chi connectivity index (χ1n) is 22.0. The number of esters is 2. The molecule has 0 saturated heterocycles. The van der Waals surface area contributed by atoms with Gasteiger partial charge in [-0.2, -0.15) is 0 Å². The van der Waals surface area contributed by atoms with E-state index in [1.807, 2.05) is 33.3 Å². The molecule has 1 unspecified atom stereocenters. The van der Waals surface area contributed by atoms with Gasteiger partial charge in [-0.3, -0.25) is 18.6 Å². The molecule has 0 aromatic heterocycles. The number of ether oxygens (including phenoxy) is 2. The van der Waals surface area contributed by atoms with Crippen molar-refractivity contribution in [1.29, 1.82) is 0 Å². The Balaban J connectivity index is 4.53. The summed E-state index contributed by atoms with van der Waals surface area (Å²) in [6.45, 7) is 4.15. The molecule has 58 heavy (non-hydrogen) atoms. The molecule has 0 aliphatic heterocycles. The quantitative estimate of drug-likeness (QED) is 0.0215. The first kappa shape index (κ1) is 54.9. The minimum absolute atomic E-state index is 0.0120. The molecule has 0 aromatic rings. The molecule has 0 aromatic carbocycles. The number of phosphoric acid groups is 1. The van der Waals surface area contributed by atoms with Gasteiger partial charge >= 0.3 is 19.8 Å². The van der Waals surface area contributed by atoms with Crippen LogP contribution < -0.4 is 0 Å². The van der Waals surface area contributed by atoms with Gasteiger partial charge in [-0.05, 0) is 83.5 Å². The standard InChI is InChI=1S/C48H80NO8P/c1-6-8-10-12-14-16-18-20-22-23-24-25-27-28-30-32-34-36-38-40-47(50)54-44-46(45-56-58(52,53)55-43-42-49(3,4)5)57-48(51)41-39-37-35-33-31-29-26-21-19-17-15-13-11-9-7-2/h8,10,14-17,20-22,24-26,28,30,34,36,46H,6-7,9,11-13,18-19,23,27,29,31-33,35,37-45H2,1-5H3/p+1/b10-8+,16-14+,17-15+,22-20+,25-24+,26-21+,30-28+,36-34+/t46-/m1/s1. The number of quaternary nitrogens is 1. The van der Waals surface area contributed by atoms with E-state index in [9.17, 15) is 19.0 Å². The number of allylic oxidation sites excluding steroid dienone is 16. The first-order valence-corrected chi connectivity index (χ1v) is 23.5. The Morgan fingerprint density at radius 1 is 0.552 bits per heavy atom. The van der Waals surface area contributed by atoms with E-state index in [2.05, 4.69) is 98.9 Å². The van der Waals surface area contributed by atoms with Gasteiger partial charge in [0.25, 0.3) is 0 Å². The summed E-state index contributed by atoms with van der Waals surface area (Å²) in [5, 5.41) is 0. The molecule has 0 spiro atoms. The van der Waals surface area contributed by atoms with Crippen molar-refractivity contribution < 1.29 is 42.1 Å². The number of hydrogen-bond donors (Lipinski definition) is 1. The fourth-order valence-electron chi connectivity index (χ4n) is 5.19. The highest BCUT2D eigenvalue weighted by atomic mass is 31.2. The van der Waals surface area contributed by atoms with E-state index in [0.717, 1.165) is 77.0 Å². The van der Waals surface area contributed by atoms with Crippen molar-refractivity contribution in [3.05, 3.63) is 97.2 Å². The van der Waals surface area contributed by atoms with Crippen LogP contribution in [0, 0.1) is 0 Å². The summed E-state index contributed by atoms with van der Waals surface area (Å²) in [5.74, 6) is -0.923. The van der Waals surface area contributed by atoms with Crippen LogP contribution in [0.5, 0.6) is 0 Å². The Kier molecular flexibility index (Phi) is 37.3. The number of carbonyl (C=O) groups is 2. The molecule has 0 radical (unpaired) electrons. The van der Waals surface area contributed by atoms with Crippen molar-refractivity contribution in [3.63, 3.8) is 0 Å². The van der Waals surface area contributed by atoms with Gasteiger partial charge in [0, 0.05) is 12.8 Å². The van der Waals surface area contributed by atoms with Crippen molar-refractivity contribution in [1.82, 2.24) is 0 Å². The third-order valence-corrected chi connectivity index (χ3v) is 9.60. The third-order valence-electron chi connectivity index (χ3n) is 8.61. The van der Waals surface area contributed by atoms with Gasteiger partial charge in [0.1, 0.15) is 19.8 Å². The van der Waals surface area contributed by atoms with Crippen LogP contribution in [0.4, 0.5) is 0 Å². The average molecular weight is 831 g/mol. The second kappa shape index (κ2) is 39.4. The minimum atomic E-state index is -4.40. The Bertz CT molecular complexity index is 1300. The summed E-state index contributed by atoms with van der Waals surface area (Å²) >= 11 is 0. The lowest BCUT2D eigenvalue weighted by Gasteiger charge is -2.24. The average Bonchev–Trinajstić information content (AvgIpc) is 3.17. The molecular formula is C48H81NO8P+. The molecule has 10 heteroatoms. The van der Waals surface area contributed by atoms with Crippen molar-refractivity contribution in [2.75, 3.05) is 47.5 Å². The number of hydrogen-bond acceptors (Lipinski definition) is 7. The smallest absolute Gasteiger partial charge is 0.462 e. The van der Waals surface area contributed by atoms with Crippen LogP contribution in [-0.4, -0.2) is 74.9 Å². The van der Waals surface area contributed by atoms with Gasteiger partial charge in [-0.1, -0.05) is 143 Å². The number of nitrogens with zero attached hydrogens (tertiary/aromatic N) is 1. The van der Waals surface area contributed by atoms with E-state index in [1.54, 1.807) is 0 Å². The Morgan fingerprint density at radius 2 is 1.02 bits per heavy atom. The van der Waals surface area contributed by atoms with Crippen LogP contribution in [0.2, 0.25) is 0 Å². The minimum Gasteiger partial charge on any atom is -0.462 e. The van der Waals surface area contributed by atoms with Gasteiger partial charge in [0.05, 0.1) is 27.7 Å². The predicted octanol–water partition coefficient (Wildman–Crippen LogP) is 12.6. The van der Waals surface area contributed by atoms with Gasteiger partial charge in [-0.15, -0.1) is 0 Å². The fraction of sp³-hybridized carbons (Fsp3) is 0.625. The van der Waals surface area contributed by atoms with Crippen molar-refractivity contribution in [2.45, 2.75) is 148 Å². The van der Waals surface area contributed by atoms with Crippen LogP contribution >= 0.6 is 7.82 Å². The summed E-state index contributed by atoms with van der Waals surface area (Å²) in [4.78, 5) is 35.3. The van der Waals surface area contributed by atoms with Crippen LogP contribution in [0.3, 0.4) is 0 Å². The van der Waals surface area contributed by atoms with Gasteiger partial charge < -0.3 is 18.9 Å². The van der Waals surface area contributed by atoms with Crippen LogP contribution in [-0.2, 0) is 32.7 Å². The summed E-state index contributed by atoms with van der Waals surface area (Å²) < 4.78 is 34.2. The molecule has 0 aliphatic carbocycles. The lowest BCUT2D eigenvalue weighted by atomic mass is 10.1. The normalized spacial score (nSPS) is 14.5. The maximum Gasteiger partial charge on any atom is 0.472 e. The van der Waals surface area contributed by atoms with Gasteiger partial charge in [-0.25, -0.2) is 4.57 Å². The summed E-state index contributed by atoms with van der Waals surface area (Å²) in [7, 11) is 1.41. The molecule has 0 heterocycles. The van der Waals surface area contributed by atoms with E-state index in [4.69, 9.17) is 18.5 Å². The van der Waals surface area contributed by atoms with E-state index in [-0.39, 0.29) is 26.1 Å².